The molecule has 1 aliphatic rings. The molecule has 4 heterocycles. The molecule has 1 aliphatic heterocycles. The fourth-order valence-corrected chi connectivity index (χ4v) is 4.16. The summed E-state index contributed by atoms with van der Waals surface area (Å²) in [6, 6.07) is 8.35. The van der Waals surface area contributed by atoms with Crippen LogP contribution in [0.5, 0.6) is 5.75 Å². The maximum absolute atomic E-state index is 13.2. The van der Waals surface area contributed by atoms with E-state index in [0.29, 0.717) is 42.8 Å². The summed E-state index contributed by atoms with van der Waals surface area (Å²) in [6.07, 6.45) is 0.668. The highest BCUT2D eigenvalue weighted by molar-refractivity contribution is 5.93. The average Bonchev–Trinajstić information content (AvgIpc) is 3.30. The van der Waals surface area contributed by atoms with Crippen LogP contribution < -0.4 is 4.74 Å². The van der Waals surface area contributed by atoms with Crippen LogP contribution in [0.15, 0.2) is 55.0 Å². The molecule has 3 aromatic heterocycles. The second-order valence-corrected chi connectivity index (χ2v) is 8.42. The van der Waals surface area contributed by atoms with Gasteiger partial charge in [0.2, 0.25) is 0 Å². The average molecular weight is 500 g/mol. The number of amides is 1. The number of ether oxygens (including phenoxy) is 1. The van der Waals surface area contributed by atoms with Crippen LogP contribution in [0.25, 0.3) is 16.9 Å². The number of nitrogens with zero attached hydrogens (tertiary/aromatic N) is 6. The zero-order chi connectivity index (χ0) is 25.3. The lowest BCUT2D eigenvalue weighted by Gasteiger charge is -2.32. The minimum Gasteiger partial charge on any atom is -0.491 e. The third kappa shape index (κ3) is 4.83. The summed E-state index contributed by atoms with van der Waals surface area (Å²) in [5, 5.41) is 4.24. The van der Waals surface area contributed by atoms with Crippen LogP contribution in [0.4, 0.5) is 17.6 Å². The summed E-state index contributed by atoms with van der Waals surface area (Å²) >= 11 is 0. The third-order valence-electron chi connectivity index (χ3n) is 5.89. The molecule has 186 valence electrons. The van der Waals surface area contributed by atoms with E-state index in [1.807, 2.05) is 0 Å². The maximum Gasteiger partial charge on any atom is 0.437 e. The lowest BCUT2D eigenvalue weighted by Crippen LogP contribution is -2.42. The van der Waals surface area contributed by atoms with Crippen LogP contribution in [-0.2, 0) is 6.18 Å². The molecule has 8 nitrogen and oxygen atoms in total. The van der Waals surface area contributed by atoms with Crippen LogP contribution in [0, 0.1) is 11.7 Å². The smallest absolute Gasteiger partial charge is 0.437 e. The maximum atomic E-state index is 13.2. The number of hydrogen-bond acceptors (Lipinski definition) is 6. The molecule has 1 saturated heterocycles. The van der Waals surface area contributed by atoms with Gasteiger partial charge in [0.05, 0.1) is 24.7 Å². The van der Waals surface area contributed by atoms with Gasteiger partial charge in [-0.1, -0.05) is 0 Å². The summed E-state index contributed by atoms with van der Waals surface area (Å²) in [4.78, 5) is 26.9. The van der Waals surface area contributed by atoms with Gasteiger partial charge in [-0.15, -0.1) is 0 Å². The van der Waals surface area contributed by atoms with Crippen molar-refractivity contribution < 1.29 is 27.1 Å². The van der Waals surface area contributed by atoms with Gasteiger partial charge in [-0.25, -0.2) is 24.0 Å². The minimum atomic E-state index is -4.62. The molecular weight excluding hydrogens is 480 g/mol. The van der Waals surface area contributed by atoms with E-state index in [9.17, 15) is 22.4 Å². The Bertz CT molecular complexity index is 1390. The number of piperidine rings is 1. The quantitative estimate of drug-likeness (QED) is 0.380. The number of carbonyl (C=O) groups is 1. The normalized spacial score (nSPS) is 16.3. The zero-order valence-corrected chi connectivity index (χ0v) is 18.8. The summed E-state index contributed by atoms with van der Waals surface area (Å²) in [5.74, 6) is -1.19. The summed E-state index contributed by atoms with van der Waals surface area (Å²) in [7, 11) is 0. The molecule has 0 N–H and O–H groups in total. The van der Waals surface area contributed by atoms with Crippen molar-refractivity contribution in [2.24, 2.45) is 5.92 Å². The van der Waals surface area contributed by atoms with Gasteiger partial charge < -0.3 is 9.64 Å². The predicted molar refractivity (Wildman–Crippen MR) is 120 cm³/mol. The number of likely N-dealkylation sites (tertiary alicyclic amines) is 1. The van der Waals surface area contributed by atoms with Crippen molar-refractivity contribution in [3.8, 4) is 11.4 Å². The molecule has 4 aromatic rings. The van der Waals surface area contributed by atoms with Gasteiger partial charge in [0.1, 0.15) is 22.8 Å². The molecule has 0 radical (unpaired) electrons. The molecule has 0 saturated carbocycles. The molecule has 1 amide bonds. The van der Waals surface area contributed by atoms with Crippen LogP contribution >= 0.6 is 0 Å². The molecule has 1 aromatic carbocycles. The Morgan fingerprint density at radius 1 is 1.11 bits per heavy atom. The zero-order valence-electron chi connectivity index (χ0n) is 18.8. The van der Waals surface area contributed by atoms with E-state index in [1.54, 1.807) is 17.0 Å². The Morgan fingerprint density at radius 3 is 2.69 bits per heavy atom. The number of rotatable bonds is 5. The van der Waals surface area contributed by atoms with E-state index in [0.717, 1.165) is 6.20 Å². The van der Waals surface area contributed by atoms with Gasteiger partial charge in [-0.3, -0.25) is 4.79 Å². The standard InChI is InChI=1S/C24H20F4N6O2/c25-16-5-7-17(8-6-16)34-22-18(12-31-34)32-19(11-30-22)23(35)33-10-2-3-15(13-33)14-36-20-4-1-9-29-21(20)24(26,27)28/h1,4-9,11-12,15H,2-3,10,13-14H2. The van der Waals surface area contributed by atoms with Crippen molar-refractivity contribution in [3.05, 3.63) is 72.2 Å². The van der Waals surface area contributed by atoms with Crippen LogP contribution in [0.1, 0.15) is 29.0 Å². The topological polar surface area (TPSA) is 86.0 Å². The molecule has 5 rings (SSSR count). The highest BCUT2D eigenvalue weighted by Gasteiger charge is 2.36. The van der Waals surface area contributed by atoms with Crippen LogP contribution in [0.3, 0.4) is 0 Å². The number of halogens is 4. The molecule has 1 fully saturated rings. The molecule has 0 aliphatic carbocycles. The van der Waals surface area contributed by atoms with E-state index >= 15 is 0 Å². The number of fused-ring (bicyclic) bond motifs is 1. The van der Waals surface area contributed by atoms with Gasteiger partial charge in [0, 0.05) is 25.2 Å². The number of pyridine rings is 1. The summed E-state index contributed by atoms with van der Waals surface area (Å²) < 4.78 is 59.7. The van der Waals surface area contributed by atoms with Crippen molar-refractivity contribution in [2.45, 2.75) is 19.0 Å². The van der Waals surface area contributed by atoms with Crippen molar-refractivity contribution in [2.75, 3.05) is 19.7 Å². The molecule has 12 heteroatoms. The lowest BCUT2D eigenvalue weighted by atomic mass is 9.98. The third-order valence-corrected chi connectivity index (χ3v) is 5.89. The SMILES string of the molecule is O=C(c1cnc2c(cnn2-c2ccc(F)cc2)n1)N1CCCC(COc2cccnc2C(F)(F)F)C1. The fraction of sp³-hybridized carbons (Fsp3) is 0.292. The number of alkyl halides is 3. The predicted octanol–water partition coefficient (Wildman–Crippen LogP) is 4.30. The van der Waals surface area contributed by atoms with Gasteiger partial charge in [0.15, 0.2) is 11.3 Å². The van der Waals surface area contributed by atoms with Crippen molar-refractivity contribution in [3.63, 3.8) is 0 Å². The minimum absolute atomic E-state index is 0.0215. The monoisotopic (exact) mass is 500 g/mol. The first-order valence-corrected chi connectivity index (χ1v) is 11.2. The largest absolute Gasteiger partial charge is 0.491 e. The Hall–Kier alpha value is -4.09. The Kier molecular flexibility index (Phi) is 6.25. The molecule has 1 atom stereocenters. The van der Waals surface area contributed by atoms with Gasteiger partial charge in [-0.2, -0.15) is 18.3 Å². The van der Waals surface area contributed by atoms with Crippen molar-refractivity contribution >= 4 is 17.1 Å². The lowest BCUT2D eigenvalue weighted by molar-refractivity contribution is -0.142. The van der Waals surface area contributed by atoms with E-state index in [-0.39, 0.29) is 35.7 Å². The first-order chi connectivity index (χ1) is 17.3. The molecule has 0 spiro atoms. The number of hydrogen-bond donors (Lipinski definition) is 0. The second-order valence-electron chi connectivity index (χ2n) is 8.42. The van der Waals surface area contributed by atoms with Gasteiger partial charge >= 0.3 is 6.18 Å². The highest BCUT2D eigenvalue weighted by atomic mass is 19.4. The number of benzene rings is 1. The fourth-order valence-electron chi connectivity index (χ4n) is 4.16. The molecular formula is C24H20F4N6O2. The van der Waals surface area contributed by atoms with E-state index in [1.165, 1.54) is 41.3 Å². The second kappa shape index (κ2) is 9.51. The van der Waals surface area contributed by atoms with E-state index in [4.69, 9.17) is 4.74 Å². The Labute approximate surface area is 202 Å². The number of aromatic nitrogens is 5. The number of carbonyl (C=O) groups excluding carboxylic acids is 1. The van der Waals surface area contributed by atoms with Crippen molar-refractivity contribution in [1.82, 2.24) is 29.6 Å². The molecule has 0 bridgehead atoms. The van der Waals surface area contributed by atoms with Gasteiger partial charge in [0.25, 0.3) is 5.91 Å². The first kappa shape index (κ1) is 23.6. The highest BCUT2D eigenvalue weighted by Crippen LogP contribution is 2.34. The summed E-state index contributed by atoms with van der Waals surface area (Å²) in [5.41, 5.74) is 0.479. The molecule has 36 heavy (non-hydrogen) atoms. The van der Waals surface area contributed by atoms with Crippen molar-refractivity contribution in [1.29, 1.82) is 0 Å². The van der Waals surface area contributed by atoms with Crippen LogP contribution in [0.2, 0.25) is 0 Å². The first-order valence-electron chi connectivity index (χ1n) is 11.2. The Balaban J connectivity index is 1.27. The van der Waals surface area contributed by atoms with E-state index < -0.39 is 11.9 Å². The van der Waals surface area contributed by atoms with Crippen LogP contribution in [-0.4, -0.2) is 55.2 Å². The van der Waals surface area contributed by atoms with E-state index in [2.05, 4.69) is 20.1 Å². The van der Waals surface area contributed by atoms with Gasteiger partial charge in [-0.05, 0) is 49.2 Å². The summed E-state index contributed by atoms with van der Waals surface area (Å²) in [6.45, 7) is 0.827. The molecule has 1 unspecified atom stereocenters. The Morgan fingerprint density at radius 2 is 1.92 bits per heavy atom.